The highest BCUT2D eigenvalue weighted by Crippen LogP contribution is 2.38. The van der Waals surface area contributed by atoms with Gasteiger partial charge in [0, 0.05) is 0 Å². The average Bonchev–Trinajstić information content (AvgIpc) is 2.87. The van der Waals surface area contributed by atoms with E-state index in [1.165, 1.54) is 4.90 Å². The summed E-state index contributed by atoms with van der Waals surface area (Å²) in [5, 5.41) is 0. The predicted molar refractivity (Wildman–Crippen MR) is 95.5 cm³/mol. The fraction of sp³-hybridized carbons (Fsp3) is 0.238. The van der Waals surface area contributed by atoms with Crippen LogP contribution in [0, 0.1) is 18.8 Å². The molecule has 1 fully saturated rings. The second-order valence-electron chi connectivity index (χ2n) is 6.58. The van der Waals surface area contributed by atoms with E-state index in [-0.39, 0.29) is 23.7 Å². The molecule has 0 bridgehead atoms. The maximum atomic E-state index is 12.6. The van der Waals surface area contributed by atoms with Gasteiger partial charge in [-0.25, -0.2) is 0 Å². The molecule has 4 heteroatoms. The minimum atomic E-state index is -0.208. The molecule has 1 heterocycles. The molecule has 25 heavy (non-hydrogen) atoms. The Morgan fingerprint density at radius 1 is 0.880 bits per heavy atom. The molecule has 2 aromatic rings. The number of ether oxygens (including phenoxy) is 1. The Morgan fingerprint density at radius 2 is 1.52 bits per heavy atom. The summed E-state index contributed by atoms with van der Waals surface area (Å²) < 4.78 is 5.83. The van der Waals surface area contributed by atoms with Crippen LogP contribution in [-0.4, -0.2) is 11.8 Å². The first-order valence-corrected chi connectivity index (χ1v) is 8.51. The first kappa shape index (κ1) is 15.6. The number of benzene rings is 2. The zero-order chi connectivity index (χ0) is 17.4. The van der Waals surface area contributed by atoms with E-state index in [9.17, 15) is 9.59 Å². The Balaban J connectivity index is 1.54. The highest BCUT2D eigenvalue weighted by Gasteiger charge is 2.47. The molecule has 0 aromatic heterocycles. The molecule has 2 aliphatic rings. The van der Waals surface area contributed by atoms with E-state index in [1.54, 1.807) is 24.3 Å². The monoisotopic (exact) mass is 333 g/mol. The summed E-state index contributed by atoms with van der Waals surface area (Å²) in [5.74, 6) is 0.838. The van der Waals surface area contributed by atoms with Gasteiger partial charge in [0.15, 0.2) is 0 Å². The topological polar surface area (TPSA) is 46.6 Å². The van der Waals surface area contributed by atoms with Crippen LogP contribution < -0.4 is 9.64 Å². The van der Waals surface area contributed by atoms with Crippen molar-refractivity contribution in [3.8, 4) is 11.5 Å². The van der Waals surface area contributed by atoms with E-state index >= 15 is 0 Å². The van der Waals surface area contributed by atoms with Gasteiger partial charge in [-0.2, -0.15) is 0 Å². The van der Waals surface area contributed by atoms with Crippen LogP contribution in [0.4, 0.5) is 5.69 Å². The fourth-order valence-corrected chi connectivity index (χ4v) is 3.53. The van der Waals surface area contributed by atoms with E-state index in [1.807, 2.05) is 43.3 Å². The van der Waals surface area contributed by atoms with Gasteiger partial charge in [-0.1, -0.05) is 24.3 Å². The van der Waals surface area contributed by atoms with Crippen molar-refractivity contribution in [2.45, 2.75) is 19.8 Å². The molecule has 0 N–H and O–H groups in total. The SMILES string of the molecule is Cc1cccc(Oc2ccc(N3C(=O)[C@H]4CC=CC[C@H]4C3=O)cc2)c1. The molecule has 2 aromatic carbocycles. The summed E-state index contributed by atoms with van der Waals surface area (Å²) >= 11 is 0. The van der Waals surface area contributed by atoms with E-state index in [2.05, 4.69) is 0 Å². The molecule has 4 nitrogen and oxygen atoms in total. The van der Waals surface area contributed by atoms with Gasteiger partial charge in [-0.15, -0.1) is 0 Å². The Labute approximate surface area is 146 Å². The van der Waals surface area contributed by atoms with Gasteiger partial charge in [0.2, 0.25) is 11.8 Å². The standard InChI is InChI=1S/C21H19NO3/c1-14-5-4-6-17(13-14)25-16-11-9-15(10-12-16)22-20(23)18-7-2-3-8-19(18)21(22)24/h2-6,9-13,18-19H,7-8H2,1H3/t18-,19+. The number of hydrogen-bond donors (Lipinski definition) is 0. The molecular weight excluding hydrogens is 314 g/mol. The number of allylic oxidation sites excluding steroid dienone is 2. The molecule has 1 saturated heterocycles. The normalized spacial score (nSPS) is 22.2. The number of rotatable bonds is 3. The Bertz CT molecular complexity index is 828. The van der Waals surface area contributed by atoms with Crippen LogP contribution in [0.15, 0.2) is 60.7 Å². The summed E-state index contributed by atoms with van der Waals surface area (Å²) in [6.07, 6.45) is 5.30. The first-order valence-electron chi connectivity index (χ1n) is 8.51. The molecule has 4 rings (SSSR count). The van der Waals surface area contributed by atoms with Crippen LogP contribution in [0.2, 0.25) is 0 Å². The molecule has 2 atom stereocenters. The third-order valence-electron chi connectivity index (χ3n) is 4.83. The van der Waals surface area contributed by atoms with Crippen LogP contribution in [0.5, 0.6) is 11.5 Å². The van der Waals surface area contributed by atoms with Crippen molar-refractivity contribution in [1.29, 1.82) is 0 Å². The quantitative estimate of drug-likeness (QED) is 0.623. The van der Waals surface area contributed by atoms with Gasteiger partial charge < -0.3 is 4.74 Å². The van der Waals surface area contributed by atoms with E-state index in [0.717, 1.165) is 11.3 Å². The van der Waals surface area contributed by atoms with Crippen molar-refractivity contribution in [3.63, 3.8) is 0 Å². The summed E-state index contributed by atoms with van der Waals surface area (Å²) in [7, 11) is 0. The van der Waals surface area contributed by atoms with Gasteiger partial charge in [-0.05, 0) is 61.7 Å². The van der Waals surface area contributed by atoms with Crippen LogP contribution >= 0.6 is 0 Å². The van der Waals surface area contributed by atoms with Gasteiger partial charge in [-0.3, -0.25) is 14.5 Å². The number of amides is 2. The Kier molecular flexibility index (Phi) is 3.88. The van der Waals surface area contributed by atoms with Crippen molar-refractivity contribution in [2.24, 2.45) is 11.8 Å². The zero-order valence-corrected chi connectivity index (χ0v) is 14.0. The highest BCUT2D eigenvalue weighted by atomic mass is 16.5. The lowest BCUT2D eigenvalue weighted by atomic mass is 9.85. The smallest absolute Gasteiger partial charge is 0.238 e. The molecule has 0 saturated carbocycles. The van der Waals surface area contributed by atoms with Gasteiger partial charge in [0.25, 0.3) is 0 Å². The van der Waals surface area contributed by atoms with Gasteiger partial charge in [0.05, 0.1) is 17.5 Å². The summed E-state index contributed by atoms with van der Waals surface area (Å²) in [4.78, 5) is 26.5. The van der Waals surface area contributed by atoms with Gasteiger partial charge in [0.1, 0.15) is 11.5 Å². The molecular formula is C21H19NO3. The average molecular weight is 333 g/mol. The van der Waals surface area contributed by atoms with Crippen molar-refractivity contribution in [3.05, 3.63) is 66.2 Å². The minimum absolute atomic E-state index is 0.0910. The Hall–Kier alpha value is -2.88. The maximum Gasteiger partial charge on any atom is 0.238 e. The molecule has 0 unspecified atom stereocenters. The minimum Gasteiger partial charge on any atom is -0.457 e. The zero-order valence-electron chi connectivity index (χ0n) is 14.0. The molecule has 2 amide bonds. The summed E-state index contributed by atoms with van der Waals surface area (Å²) in [5.41, 5.74) is 1.74. The molecule has 0 spiro atoms. The second kappa shape index (κ2) is 6.20. The van der Waals surface area contributed by atoms with Gasteiger partial charge >= 0.3 is 0 Å². The third kappa shape index (κ3) is 2.84. The second-order valence-corrected chi connectivity index (χ2v) is 6.58. The molecule has 126 valence electrons. The van der Waals surface area contributed by atoms with Crippen molar-refractivity contribution in [2.75, 3.05) is 4.90 Å². The lowest BCUT2D eigenvalue weighted by molar-refractivity contribution is -0.122. The fourth-order valence-electron chi connectivity index (χ4n) is 3.53. The number of carbonyl (C=O) groups is 2. The van der Waals surface area contributed by atoms with Crippen LogP contribution in [0.25, 0.3) is 0 Å². The number of imide groups is 1. The van der Waals surface area contributed by atoms with E-state index < -0.39 is 0 Å². The Morgan fingerprint density at radius 3 is 2.12 bits per heavy atom. The van der Waals surface area contributed by atoms with E-state index in [4.69, 9.17) is 4.74 Å². The summed E-state index contributed by atoms with van der Waals surface area (Å²) in [6, 6.07) is 14.9. The number of hydrogen-bond acceptors (Lipinski definition) is 3. The van der Waals surface area contributed by atoms with Crippen molar-refractivity contribution < 1.29 is 14.3 Å². The van der Waals surface area contributed by atoms with Crippen LogP contribution in [0.3, 0.4) is 0 Å². The number of fused-ring (bicyclic) bond motifs is 1. The van der Waals surface area contributed by atoms with Crippen molar-refractivity contribution >= 4 is 17.5 Å². The molecule has 1 aliphatic carbocycles. The number of carbonyl (C=O) groups excluding carboxylic acids is 2. The number of nitrogens with zero attached hydrogens (tertiary/aromatic N) is 1. The number of anilines is 1. The molecule has 1 aliphatic heterocycles. The predicted octanol–water partition coefficient (Wildman–Crippen LogP) is 4.24. The third-order valence-corrected chi connectivity index (χ3v) is 4.83. The lowest BCUT2D eigenvalue weighted by Crippen LogP contribution is -2.30. The van der Waals surface area contributed by atoms with Crippen LogP contribution in [0.1, 0.15) is 18.4 Å². The summed E-state index contributed by atoms with van der Waals surface area (Å²) in [6.45, 7) is 2.01. The molecule has 0 radical (unpaired) electrons. The van der Waals surface area contributed by atoms with Crippen LogP contribution in [-0.2, 0) is 9.59 Å². The first-order chi connectivity index (χ1) is 12.1. The lowest BCUT2D eigenvalue weighted by Gasteiger charge is -2.15. The van der Waals surface area contributed by atoms with E-state index in [0.29, 0.717) is 24.3 Å². The van der Waals surface area contributed by atoms with Crippen molar-refractivity contribution in [1.82, 2.24) is 0 Å². The number of aryl methyl sites for hydroxylation is 1. The largest absolute Gasteiger partial charge is 0.457 e. The highest BCUT2D eigenvalue weighted by molar-refractivity contribution is 6.22. The maximum absolute atomic E-state index is 12.6.